The number of hydrogen-bond donors (Lipinski definition) is 1. The number of rotatable bonds is 10. The number of thiazole rings is 1. The van der Waals surface area contributed by atoms with Crippen molar-refractivity contribution >= 4 is 38.4 Å². The molecule has 9 nitrogen and oxygen atoms in total. The third kappa shape index (κ3) is 5.32. The molecule has 2 aromatic heterocycles. The van der Waals surface area contributed by atoms with Gasteiger partial charge in [-0.25, -0.2) is 4.98 Å². The fourth-order valence-corrected chi connectivity index (χ4v) is 6.02. The van der Waals surface area contributed by atoms with E-state index in [9.17, 15) is 14.7 Å². The van der Waals surface area contributed by atoms with Crippen molar-refractivity contribution in [1.29, 1.82) is 0 Å². The third-order valence-electron chi connectivity index (χ3n) is 7.02. The highest BCUT2D eigenvalue weighted by Crippen LogP contribution is 2.46. The summed E-state index contributed by atoms with van der Waals surface area (Å²) in [5.41, 5.74) is 2.04. The Morgan fingerprint density at radius 1 is 1.02 bits per heavy atom. The van der Waals surface area contributed by atoms with E-state index in [-0.39, 0.29) is 11.3 Å². The molecule has 43 heavy (non-hydrogen) atoms. The summed E-state index contributed by atoms with van der Waals surface area (Å²) in [5.74, 6) is 0.0875. The van der Waals surface area contributed by atoms with E-state index in [1.54, 1.807) is 31.2 Å². The SMILES string of the molecule is CCOc1ccc2nc(N3C(=O)C(O)=C(C(=O)c4ccc(C)o4)C3c3ccc(OCc4ccccc4)c(OC)c3)sc2c1. The molecule has 0 spiro atoms. The maximum atomic E-state index is 13.8. The zero-order valence-electron chi connectivity index (χ0n) is 23.7. The zero-order chi connectivity index (χ0) is 30.1. The van der Waals surface area contributed by atoms with Crippen LogP contribution in [-0.2, 0) is 11.4 Å². The van der Waals surface area contributed by atoms with Crippen LogP contribution < -0.4 is 19.1 Å². The second-order valence-electron chi connectivity index (χ2n) is 9.82. The van der Waals surface area contributed by atoms with Gasteiger partial charge in [0, 0.05) is 0 Å². The first-order valence-electron chi connectivity index (χ1n) is 13.6. The molecule has 0 bridgehead atoms. The molecule has 218 valence electrons. The number of aliphatic hydroxyl groups is 1. The zero-order valence-corrected chi connectivity index (χ0v) is 24.5. The maximum Gasteiger partial charge on any atom is 0.296 e. The number of carbonyl (C=O) groups is 2. The number of benzene rings is 3. The molecule has 0 saturated carbocycles. The number of anilines is 1. The summed E-state index contributed by atoms with van der Waals surface area (Å²) in [6.07, 6.45) is 0. The van der Waals surface area contributed by atoms with Gasteiger partial charge < -0.3 is 23.7 Å². The Hall–Kier alpha value is -5.09. The Kier molecular flexibility index (Phi) is 7.60. The highest BCUT2D eigenvalue weighted by Gasteiger charge is 2.46. The number of Topliss-reactive ketones (excluding diaryl/α,β-unsaturated/α-hetero) is 1. The quantitative estimate of drug-likeness (QED) is 0.172. The Labute approximate surface area is 251 Å². The molecule has 1 atom stereocenters. The molecule has 1 aliphatic heterocycles. The predicted octanol–water partition coefficient (Wildman–Crippen LogP) is 6.97. The van der Waals surface area contributed by atoms with E-state index < -0.39 is 23.5 Å². The van der Waals surface area contributed by atoms with E-state index in [4.69, 9.17) is 18.6 Å². The number of aliphatic hydroxyl groups excluding tert-OH is 1. The second-order valence-corrected chi connectivity index (χ2v) is 10.8. The molecule has 3 aromatic carbocycles. The minimum atomic E-state index is -1.02. The van der Waals surface area contributed by atoms with Crippen LogP contribution in [0.1, 0.15) is 40.4 Å². The fraction of sp³-hybridized carbons (Fsp3) is 0.182. The summed E-state index contributed by atoms with van der Waals surface area (Å²) in [6, 6.07) is 22.5. The first-order valence-corrected chi connectivity index (χ1v) is 14.5. The summed E-state index contributed by atoms with van der Waals surface area (Å²) < 4.78 is 23.7. The van der Waals surface area contributed by atoms with Crippen molar-refractivity contribution in [2.75, 3.05) is 18.6 Å². The molecule has 3 heterocycles. The Balaban J connectivity index is 1.43. The van der Waals surface area contributed by atoms with Crippen molar-refractivity contribution in [3.63, 3.8) is 0 Å². The lowest BCUT2D eigenvalue weighted by Gasteiger charge is -2.25. The van der Waals surface area contributed by atoms with Crippen LogP contribution >= 0.6 is 11.3 Å². The van der Waals surface area contributed by atoms with Crippen LogP contribution in [0, 0.1) is 6.92 Å². The molecule has 1 aliphatic rings. The van der Waals surface area contributed by atoms with E-state index >= 15 is 0 Å². The number of methoxy groups -OCH3 is 1. The second kappa shape index (κ2) is 11.7. The number of nitrogens with zero attached hydrogens (tertiary/aromatic N) is 2. The van der Waals surface area contributed by atoms with Gasteiger partial charge in [0.1, 0.15) is 18.1 Å². The Morgan fingerprint density at radius 3 is 2.56 bits per heavy atom. The van der Waals surface area contributed by atoms with Crippen LogP contribution in [-0.4, -0.2) is 35.5 Å². The fourth-order valence-electron chi connectivity index (χ4n) is 5.00. The van der Waals surface area contributed by atoms with Gasteiger partial charge in [-0.15, -0.1) is 0 Å². The molecule has 10 heteroatoms. The van der Waals surface area contributed by atoms with Crippen LogP contribution in [0.4, 0.5) is 5.13 Å². The largest absolute Gasteiger partial charge is 0.503 e. The highest BCUT2D eigenvalue weighted by molar-refractivity contribution is 7.22. The minimum absolute atomic E-state index is 0.0131. The molecule has 1 unspecified atom stereocenters. The van der Waals surface area contributed by atoms with Crippen molar-refractivity contribution in [2.24, 2.45) is 0 Å². The topological polar surface area (TPSA) is 111 Å². The number of hydrogen-bond acceptors (Lipinski definition) is 9. The van der Waals surface area contributed by atoms with Crippen molar-refractivity contribution in [2.45, 2.75) is 26.5 Å². The molecule has 0 radical (unpaired) electrons. The van der Waals surface area contributed by atoms with E-state index in [0.29, 0.717) is 52.4 Å². The number of ketones is 1. The van der Waals surface area contributed by atoms with Crippen LogP contribution in [0.3, 0.4) is 0 Å². The highest BCUT2D eigenvalue weighted by atomic mass is 32.1. The summed E-state index contributed by atoms with van der Waals surface area (Å²) in [5, 5.41) is 11.5. The first-order chi connectivity index (χ1) is 20.9. The number of aryl methyl sites for hydroxylation is 1. The van der Waals surface area contributed by atoms with Crippen LogP contribution in [0.25, 0.3) is 10.2 Å². The summed E-state index contributed by atoms with van der Waals surface area (Å²) in [6.45, 7) is 4.44. The number of furan rings is 1. The Bertz CT molecular complexity index is 1860. The van der Waals surface area contributed by atoms with Crippen molar-refractivity contribution in [3.05, 3.63) is 113 Å². The molecule has 0 fully saturated rings. The maximum absolute atomic E-state index is 13.8. The summed E-state index contributed by atoms with van der Waals surface area (Å²) in [4.78, 5) is 33.5. The van der Waals surface area contributed by atoms with Crippen LogP contribution in [0.5, 0.6) is 17.2 Å². The third-order valence-corrected chi connectivity index (χ3v) is 8.04. The van der Waals surface area contributed by atoms with Gasteiger partial charge in [0.25, 0.3) is 5.91 Å². The average molecular weight is 597 g/mol. The lowest BCUT2D eigenvalue weighted by Crippen LogP contribution is -2.31. The standard InChI is InChI=1S/C33H28N2O7S/c1-4-40-22-12-13-23-27(17-22)43-33(34-23)35-29(28(31(37)32(35)38)30(36)25-14-10-19(2)42-25)21-11-15-24(26(16-21)39-3)41-18-20-8-6-5-7-9-20/h5-17,29,37H,4,18H2,1-3H3. The van der Waals surface area contributed by atoms with E-state index in [1.165, 1.54) is 29.4 Å². The predicted molar refractivity (Wildman–Crippen MR) is 162 cm³/mol. The molecule has 0 saturated heterocycles. The van der Waals surface area contributed by atoms with Gasteiger partial charge in [-0.3, -0.25) is 14.5 Å². The molecule has 6 rings (SSSR count). The van der Waals surface area contributed by atoms with E-state index in [2.05, 4.69) is 4.98 Å². The van der Waals surface area contributed by atoms with E-state index in [1.807, 2.05) is 55.5 Å². The number of amides is 1. The number of aromatic nitrogens is 1. The number of ether oxygens (including phenoxy) is 3. The summed E-state index contributed by atoms with van der Waals surface area (Å²) >= 11 is 1.26. The normalized spacial score (nSPS) is 14.9. The van der Waals surface area contributed by atoms with Crippen LogP contribution in [0.2, 0.25) is 0 Å². The lowest BCUT2D eigenvalue weighted by molar-refractivity contribution is -0.117. The van der Waals surface area contributed by atoms with E-state index in [0.717, 1.165) is 10.3 Å². The minimum Gasteiger partial charge on any atom is -0.503 e. The molecular weight excluding hydrogens is 568 g/mol. The smallest absolute Gasteiger partial charge is 0.296 e. The molecular formula is C33H28N2O7S. The molecule has 5 aromatic rings. The van der Waals surface area contributed by atoms with Gasteiger partial charge in [-0.1, -0.05) is 47.7 Å². The lowest BCUT2D eigenvalue weighted by atomic mass is 9.95. The van der Waals surface area contributed by atoms with Gasteiger partial charge in [0.2, 0.25) is 5.78 Å². The van der Waals surface area contributed by atoms with Crippen molar-refractivity contribution in [1.82, 2.24) is 4.98 Å². The molecule has 0 aliphatic carbocycles. The first kappa shape index (κ1) is 28.0. The van der Waals surface area contributed by atoms with Gasteiger partial charge >= 0.3 is 0 Å². The summed E-state index contributed by atoms with van der Waals surface area (Å²) in [7, 11) is 1.51. The van der Waals surface area contributed by atoms with Gasteiger partial charge in [0.05, 0.1) is 35.5 Å². The Morgan fingerprint density at radius 2 is 1.84 bits per heavy atom. The van der Waals surface area contributed by atoms with Gasteiger partial charge in [-0.2, -0.15) is 0 Å². The van der Waals surface area contributed by atoms with Gasteiger partial charge in [-0.05, 0) is 67.4 Å². The number of fused-ring (bicyclic) bond motifs is 1. The average Bonchev–Trinajstić information content (AvgIpc) is 3.71. The van der Waals surface area contributed by atoms with Crippen LogP contribution in [0.15, 0.2) is 94.6 Å². The van der Waals surface area contributed by atoms with Gasteiger partial charge in [0.15, 0.2) is 28.1 Å². The monoisotopic (exact) mass is 596 g/mol. The molecule has 1 N–H and O–H groups in total. The molecule has 1 amide bonds. The number of carbonyl (C=O) groups excluding carboxylic acids is 2. The van der Waals surface area contributed by atoms with Crippen molar-refractivity contribution < 1.29 is 33.3 Å². The van der Waals surface area contributed by atoms with Crippen molar-refractivity contribution in [3.8, 4) is 17.2 Å².